The summed E-state index contributed by atoms with van der Waals surface area (Å²) in [6, 6.07) is 7.99. The molecular weight excluding hydrogens is 454 g/mol. The van der Waals surface area contributed by atoms with Gasteiger partial charge >= 0.3 is 0 Å². The average molecular weight is 506 g/mol. The highest BCUT2D eigenvalue weighted by Crippen LogP contribution is 2.22. The van der Waals surface area contributed by atoms with Gasteiger partial charge in [-0.05, 0) is 63.8 Å². The average Bonchev–Trinajstić information content (AvgIpc) is 2.87. The first-order valence-electron chi connectivity index (χ1n) is 13.7. The Kier molecular flexibility index (Phi) is 16.6. The number of aromatic nitrogens is 2. The van der Waals surface area contributed by atoms with E-state index in [1.807, 2.05) is 59.0 Å². The molecule has 0 bridgehead atoms. The normalized spacial score (nSPS) is 11.4. The molecule has 204 valence electrons. The molecule has 0 saturated carbocycles. The third-order valence-electron chi connectivity index (χ3n) is 6.03. The van der Waals surface area contributed by atoms with E-state index in [1.165, 1.54) is 25.7 Å². The van der Waals surface area contributed by atoms with Crippen molar-refractivity contribution in [2.45, 2.75) is 101 Å². The number of unbranched alkanes of at least 4 members (excludes halogenated alkanes) is 2. The SMILES string of the molecule is C=C(/C=c1/c(N[C@H](C)c2cccc(C#N)c2C)nnc(C)c1=C(C)C)NC.CC.CCCCCC(C)C. The summed E-state index contributed by atoms with van der Waals surface area (Å²) >= 11 is 0. The Morgan fingerprint density at radius 2 is 1.76 bits per heavy atom. The van der Waals surface area contributed by atoms with E-state index in [4.69, 9.17) is 0 Å². The van der Waals surface area contributed by atoms with E-state index in [1.54, 1.807) is 0 Å². The van der Waals surface area contributed by atoms with Gasteiger partial charge in [-0.25, -0.2) is 0 Å². The molecule has 5 nitrogen and oxygen atoms in total. The van der Waals surface area contributed by atoms with Gasteiger partial charge in [0.1, 0.15) is 0 Å². The van der Waals surface area contributed by atoms with E-state index in [0.717, 1.165) is 44.4 Å². The smallest absolute Gasteiger partial charge is 0.157 e. The zero-order valence-corrected chi connectivity index (χ0v) is 25.3. The van der Waals surface area contributed by atoms with Crippen molar-refractivity contribution in [3.63, 3.8) is 0 Å². The van der Waals surface area contributed by atoms with Crippen molar-refractivity contribution in [1.29, 1.82) is 5.26 Å². The van der Waals surface area contributed by atoms with Crippen molar-refractivity contribution < 1.29 is 0 Å². The third-order valence-corrected chi connectivity index (χ3v) is 6.03. The molecule has 1 atom stereocenters. The number of benzene rings is 1. The van der Waals surface area contributed by atoms with Gasteiger partial charge < -0.3 is 10.6 Å². The summed E-state index contributed by atoms with van der Waals surface area (Å²) in [5, 5.41) is 26.6. The van der Waals surface area contributed by atoms with Crippen LogP contribution in [0, 0.1) is 31.1 Å². The predicted molar refractivity (Wildman–Crippen MR) is 162 cm³/mol. The van der Waals surface area contributed by atoms with Crippen LogP contribution in [-0.4, -0.2) is 17.2 Å². The first-order valence-corrected chi connectivity index (χ1v) is 13.7. The van der Waals surface area contributed by atoms with Crippen molar-refractivity contribution in [2.75, 3.05) is 12.4 Å². The number of rotatable bonds is 9. The van der Waals surface area contributed by atoms with E-state index in [9.17, 15) is 5.26 Å². The Bertz CT molecular complexity index is 1130. The van der Waals surface area contributed by atoms with Crippen LogP contribution in [0.15, 0.2) is 30.5 Å². The van der Waals surface area contributed by atoms with Crippen LogP contribution < -0.4 is 21.1 Å². The lowest BCUT2D eigenvalue weighted by Gasteiger charge is -2.18. The van der Waals surface area contributed by atoms with Gasteiger partial charge in [-0.2, -0.15) is 10.4 Å². The van der Waals surface area contributed by atoms with Gasteiger partial charge in [-0.15, -0.1) is 5.10 Å². The summed E-state index contributed by atoms with van der Waals surface area (Å²) in [4.78, 5) is 0. The monoisotopic (exact) mass is 505 g/mol. The van der Waals surface area contributed by atoms with Crippen LogP contribution in [0.1, 0.15) is 109 Å². The molecule has 1 heterocycles. The second kappa shape index (κ2) is 18.2. The zero-order chi connectivity index (χ0) is 28.5. The molecule has 0 aliphatic carbocycles. The molecule has 0 saturated heterocycles. The van der Waals surface area contributed by atoms with Gasteiger partial charge in [-0.3, -0.25) is 0 Å². The Morgan fingerprint density at radius 1 is 1.11 bits per heavy atom. The maximum atomic E-state index is 9.30. The number of nitrogens with zero attached hydrogens (tertiary/aromatic N) is 3. The second-order valence-electron chi connectivity index (χ2n) is 9.73. The van der Waals surface area contributed by atoms with Gasteiger partial charge in [0.05, 0.1) is 23.4 Å². The molecule has 0 radical (unpaired) electrons. The van der Waals surface area contributed by atoms with Crippen LogP contribution in [-0.2, 0) is 0 Å². The fourth-order valence-corrected chi connectivity index (χ4v) is 4.00. The highest BCUT2D eigenvalue weighted by molar-refractivity contribution is 5.56. The van der Waals surface area contributed by atoms with Crippen LogP contribution in [0.2, 0.25) is 0 Å². The van der Waals surface area contributed by atoms with Crippen molar-refractivity contribution in [1.82, 2.24) is 15.5 Å². The molecule has 0 fully saturated rings. The maximum absolute atomic E-state index is 9.30. The number of allylic oxidation sites excluding steroid dienone is 1. The standard InChI is InChI=1S/C22H27N5.C8H18.C2H6/c1-13(2)21-17(6)26-27-22(20(21)11-14(3)24-7)25-16(5)19-10-8-9-18(12-23)15(19)4;1-4-5-6-7-8(2)3;1-2/h8-11,16,24H,3H2,1-2,4-7H3,(H,25,27);8H,4-7H2,1-3H3;1-2H3/b20-11+;;/t16-;;/m1../s1. The molecule has 2 aromatic rings. The lowest BCUT2D eigenvalue weighted by molar-refractivity contribution is 0.534. The quantitative estimate of drug-likeness (QED) is 0.356. The second-order valence-corrected chi connectivity index (χ2v) is 9.73. The van der Waals surface area contributed by atoms with Crippen LogP contribution >= 0.6 is 0 Å². The fourth-order valence-electron chi connectivity index (χ4n) is 4.00. The van der Waals surface area contributed by atoms with Gasteiger partial charge in [0.15, 0.2) is 5.82 Å². The van der Waals surface area contributed by atoms with Crippen LogP contribution in [0.3, 0.4) is 0 Å². The molecule has 37 heavy (non-hydrogen) atoms. The molecule has 0 aliphatic rings. The molecule has 0 unspecified atom stereocenters. The molecule has 2 N–H and O–H groups in total. The van der Waals surface area contributed by atoms with Gasteiger partial charge in [0.25, 0.3) is 0 Å². The molecule has 2 rings (SSSR count). The third kappa shape index (κ3) is 11.2. The molecule has 1 aromatic heterocycles. The Labute approximate surface area is 226 Å². The van der Waals surface area contributed by atoms with E-state index >= 15 is 0 Å². The number of hydrogen-bond acceptors (Lipinski definition) is 5. The van der Waals surface area contributed by atoms with Crippen LogP contribution in [0.25, 0.3) is 11.6 Å². The van der Waals surface area contributed by atoms with E-state index in [0.29, 0.717) is 11.4 Å². The van der Waals surface area contributed by atoms with Gasteiger partial charge in [0, 0.05) is 23.2 Å². The molecule has 0 spiro atoms. The Hall–Kier alpha value is -3.13. The summed E-state index contributed by atoms with van der Waals surface area (Å²) in [6.07, 6.45) is 7.59. The molecule has 0 aliphatic heterocycles. The van der Waals surface area contributed by atoms with Crippen LogP contribution in [0.4, 0.5) is 5.82 Å². The highest BCUT2D eigenvalue weighted by Gasteiger charge is 2.13. The predicted octanol–water partition coefficient (Wildman–Crippen LogP) is 7.09. The summed E-state index contributed by atoms with van der Waals surface area (Å²) in [5.41, 5.74) is 5.56. The zero-order valence-electron chi connectivity index (χ0n) is 25.3. The number of anilines is 1. The lowest BCUT2D eigenvalue weighted by atomic mass is 9.98. The maximum Gasteiger partial charge on any atom is 0.157 e. The number of aryl methyl sites for hydroxylation is 1. The van der Waals surface area contributed by atoms with Crippen molar-refractivity contribution in [3.05, 3.63) is 63.3 Å². The molecule has 5 heteroatoms. The van der Waals surface area contributed by atoms with Crippen molar-refractivity contribution in [2.24, 2.45) is 5.92 Å². The lowest BCUT2D eigenvalue weighted by Crippen LogP contribution is -2.35. The number of hydrogen-bond donors (Lipinski definition) is 2. The van der Waals surface area contributed by atoms with Crippen molar-refractivity contribution >= 4 is 17.5 Å². The fraction of sp³-hybridized carbons (Fsp3) is 0.531. The molecule has 1 aromatic carbocycles. The number of nitrogens with one attached hydrogen (secondary N) is 2. The summed E-state index contributed by atoms with van der Waals surface area (Å²) < 4.78 is 0. The summed E-state index contributed by atoms with van der Waals surface area (Å²) in [7, 11) is 1.84. The molecular formula is C32H51N5. The van der Waals surface area contributed by atoms with Crippen LogP contribution in [0.5, 0.6) is 0 Å². The van der Waals surface area contributed by atoms with Gasteiger partial charge in [0.2, 0.25) is 0 Å². The first-order chi connectivity index (χ1) is 17.6. The largest absolute Gasteiger partial charge is 0.389 e. The summed E-state index contributed by atoms with van der Waals surface area (Å²) in [6.45, 7) is 25.0. The summed E-state index contributed by atoms with van der Waals surface area (Å²) in [5.74, 6) is 1.60. The Morgan fingerprint density at radius 3 is 2.27 bits per heavy atom. The minimum absolute atomic E-state index is 0.0321. The first kappa shape index (κ1) is 33.9. The number of nitriles is 1. The van der Waals surface area contributed by atoms with E-state index in [-0.39, 0.29) is 6.04 Å². The Balaban J connectivity index is 0.00000111. The van der Waals surface area contributed by atoms with Gasteiger partial charge in [-0.1, -0.05) is 84.6 Å². The van der Waals surface area contributed by atoms with Crippen molar-refractivity contribution in [3.8, 4) is 6.07 Å². The molecule has 0 amide bonds. The minimum Gasteiger partial charge on any atom is -0.389 e. The minimum atomic E-state index is -0.0321. The van der Waals surface area contributed by atoms with E-state index < -0.39 is 0 Å². The highest BCUT2D eigenvalue weighted by atomic mass is 15.2. The topological polar surface area (TPSA) is 73.6 Å². The van der Waals surface area contributed by atoms with E-state index in [2.05, 4.69) is 75.0 Å².